The third kappa shape index (κ3) is 4.38. The molecule has 0 spiro atoms. The fourth-order valence-corrected chi connectivity index (χ4v) is 2.06. The third-order valence-corrected chi connectivity index (χ3v) is 3.15. The van der Waals surface area contributed by atoms with Crippen LogP contribution in [0.15, 0.2) is 60.3 Å². The summed E-state index contributed by atoms with van der Waals surface area (Å²) < 4.78 is 5.09. The molecule has 0 heterocycles. The minimum atomic E-state index is -0.00872. The predicted molar refractivity (Wildman–Crippen MR) is 87.2 cm³/mol. The van der Waals surface area contributed by atoms with E-state index in [0.29, 0.717) is 17.8 Å². The summed E-state index contributed by atoms with van der Waals surface area (Å²) in [5.74, 6) is 0.910. The summed E-state index contributed by atoms with van der Waals surface area (Å²) in [6.45, 7) is 1.79. The number of rotatable bonds is 6. The molecule has 0 atom stereocenters. The molecule has 0 aliphatic carbocycles. The number of phenols is 1. The Bertz CT molecular complexity index is 675. The molecule has 0 saturated carbocycles. The summed E-state index contributed by atoms with van der Waals surface area (Å²) in [7, 11) is 1.61. The van der Waals surface area contributed by atoms with Gasteiger partial charge in [0.25, 0.3) is 0 Å². The Hall–Kier alpha value is -2.75. The summed E-state index contributed by atoms with van der Waals surface area (Å²) in [5, 5.41) is 12.7. The van der Waals surface area contributed by atoms with Gasteiger partial charge in [-0.25, -0.2) is 0 Å². The van der Waals surface area contributed by atoms with Gasteiger partial charge in [-0.1, -0.05) is 24.3 Å². The molecule has 114 valence electrons. The average molecular weight is 297 g/mol. The molecule has 22 heavy (non-hydrogen) atoms. The minimum Gasteiger partial charge on any atom is -0.506 e. The molecule has 4 nitrogen and oxygen atoms in total. The number of phenolic OH excluding ortho intramolecular Hbond substituents is 1. The van der Waals surface area contributed by atoms with Crippen molar-refractivity contribution in [2.45, 2.75) is 13.3 Å². The van der Waals surface area contributed by atoms with Crippen molar-refractivity contribution in [3.8, 4) is 11.5 Å². The highest BCUT2D eigenvalue weighted by Crippen LogP contribution is 2.23. The highest BCUT2D eigenvalue weighted by Gasteiger charge is 2.04. The van der Waals surface area contributed by atoms with E-state index >= 15 is 0 Å². The van der Waals surface area contributed by atoms with Crippen LogP contribution in [0.5, 0.6) is 11.5 Å². The smallest absolute Gasteiger partial charge is 0.161 e. The van der Waals surface area contributed by atoms with Crippen molar-refractivity contribution in [2.24, 2.45) is 0 Å². The molecule has 0 saturated heterocycles. The summed E-state index contributed by atoms with van der Waals surface area (Å²) in [4.78, 5) is 12.0. The first kappa shape index (κ1) is 15.6. The van der Waals surface area contributed by atoms with Gasteiger partial charge < -0.3 is 15.2 Å². The molecule has 0 aromatic heterocycles. The number of aromatic hydroxyl groups is 1. The molecule has 0 aliphatic rings. The van der Waals surface area contributed by atoms with Crippen LogP contribution in [0.4, 0.5) is 5.69 Å². The van der Waals surface area contributed by atoms with E-state index in [9.17, 15) is 9.90 Å². The number of hydrogen-bond acceptors (Lipinski definition) is 4. The second-order valence-electron chi connectivity index (χ2n) is 4.96. The second kappa shape index (κ2) is 7.31. The van der Waals surface area contributed by atoms with Crippen molar-refractivity contribution in [2.75, 3.05) is 12.4 Å². The quantitative estimate of drug-likeness (QED) is 0.632. The minimum absolute atomic E-state index is 0.00872. The number of nitrogens with one attached hydrogen (secondary N) is 1. The largest absolute Gasteiger partial charge is 0.506 e. The number of ketones is 1. The van der Waals surface area contributed by atoms with Gasteiger partial charge >= 0.3 is 0 Å². The Kier molecular flexibility index (Phi) is 5.20. The van der Waals surface area contributed by atoms with Gasteiger partial charge in [-0.15, -0.1) is 0 Å². The van der Waals surface area contributed by atoms with E-state index in [4.69, 9.17) is 4.74 Å². The van der Waals surface area contributed by atoms with E-state index in [1.165, 1.54) is 6.08 Å². The zero-order chi connectivity index (χ0) is 15.9. The second-order valence-corrected chi connectivity index (χ2v) is 4.96. The van der Waals surface area contributed by atoms with E-state index in [-0.39, 0.29) is 11.5 Å². The average Bonchev–Trinajstić information content (AvgIpc) is 2.50. The number of anilines is 1. The van der Waals surface area contributed by atoms with Crippen LogP contribution >= 0.6 is 0 Å². The van der Waals surface area contributed by atoms with E-state index in [1.807, 2.05) is 30.3 Å². The zero-order valence-electron chi connectivity index (χ0n) is 12.7. The Labute approximate surface area is 130 Å². The van der Waals surface area contributed by atoms with Crippen molar-refractivity contribution in [3.05, 3.63) is 65.9 Å². The molecule has 2 N–H and O–H groups in total. The number of hydrogen-bond donors (Lipinski definition) is 2. The van der Waals surface area contributed by atoms with Crippen molar-refractivity contribution in [1.82, 2.24) is 0 Å². The van der Waals surface area contributed by atoms with Crippen molar-refractivity contribution < 1.29 is 14.6 Å². The Morgan fingerprint density at radius 3 is 2.50 bits per heavy atom. The van der Waals surface area contributed by atoms with Crippen molar-refractivity contribution >= 4 is 11.5 Å². The van der Waals surface area contributed by atoms with Crippen molar-refractivity contribution in [3.63, 3.8) is 0 Å². The maximum atomic E-state index is 12.0. The molecule has 0 radical (unpaired) electrons. The first-order valence-electron chi connectivity index (χ1n) is 6.97. The van der Waals surface area contributed by atoms with Crippen LogP contribution in [0.3, 0.4) is 0 Å². The van der Waals surface area contributed by atoms with Gasteiger partial charge in [0.2, 0.25) is 0 Å². The normalized spacial score (nSPS) is 11.1. The predicted octanol–water partition coefficient (Wildman–Crippen LogP) is 3.53. The van der Waals surface area contributed by atoms with Crippen LogP contribution in [0.2, 0.25) is 0 Å². The van der Waals surface area contributed by atoms with Gasteiger partial charge in [0.15, 0.2) is 5.78 Å². The number of methoxy groups -OCH3 is 1. The lowest BCUT2D eigenvalue weighted by Crippen LogP contribution is -2.03. The Morgan fingerprint density at radius 1 is 1.18 bits per heavy atom. The highest BCUT2D eigenvalue weighted by molar-refractivity contribution is 5.92. The molecule has 2 rings (SSSR count). The maximum absolute atomic E-state index is 12.0. The standard InChI is InChI=1S/C18H19NO3/c1-13(19-17-5-3-4-6-18(17)21)11-15(20)12-14-7-9-16(22-2)10-8-14/h3-11,19,21H,12H2,1-2H3/b13-11+. The number of allylic oxidation sites excluding steroid dienone is 2. The molecule has 0 aliphatic heterocycles. The zero-order valence-corrected chi connectivity index (χ0v) is 12.7. The lowest BCUT2D eigenvalue weighted by molar-refractivity contribution is -0.114. The fourth-order valence-electron chi connectivity index (χ4n) is 2.06. The van der Waals surface area contributed by atoms with Crippen molar-refractivity contribution in [1.29, 1.82) is 0 Å². The summed E-state index contributed by atoms with van der Waals surface area (Å²) in [6.07, 6.45) is 1.86. The van der Waals surface area contributed by atoms with Gasteiger partial charge in [-0.3, -0.25) is 4.79 Å². The monoisotopic (exact) mass is 297 g/mol. The van der Waals surface area contributed by atoms with Crippen LogP contribution in [0, 0.1) is 0 Å². The SMILES string of the molecule is COc1ccc(CC(=O)/C=C(\C)Nc2ccccc2O)cc1. The molecule has 0 unspecified atom stereocenters. The molecule has 0 bridgehead atoms. The van der Waals surface area contributed by atoms with E-state index in [0.717, 1.165) is 11.3 Å². The lowest BCUT2D eigenvalue weighted by atomic mass is 10.1. The van der Waals surface area contributed by atoms with Gasteiger partial charge in [0.05, 0.1) is 12.8 Å². The fraction of sp³-hybridized carbons (Fsp3) is 0.167. The highest BCUT2D eigenvalue weighted by atomic mass is 16.5. The van der Waals surface area contributed by atoms with Crippen LogP contribution in [0.1, 0.15) is 12.5 Å². The lowest BCUT2D eigenvalue weighted by Gasteiger charge is -2.08. The van der Waals surface area contributed by atoms with Gasteiger partial charge in [-0.2, -0.15) is 0 Å². The van der Waals surface area contributed by atoms with E-state index in [1.54, 1.807) is 32.2 Å². The molecular weight excluding hydrogens is 278 g/mol. The number of para-hydroxylation sites is 2. The molecule has 0 fully saturated rings. The van der Waals surface area contributed by atoms with Crippen LogP contribution < -0.4 is 10.1 Å². The van der Waals surface area contributed by atoms with Crippen LogP contribution in [-0.4, -0.2) is 18.0 Å². The van der Waals surface area contributed by atoms with E-state index < -0.39 is 0 Å². The van der Waals surface area contributed by atoms with Crippen LogP contribution in [0.25, 0.3) is 0 Å². The summed E-state index contributed by atoms with van der Waals surface area (Å²) >= 11 is 0. The molecule has 2 aromatic carbocycles. The molecule has 2 aromatic rings. The maximum Gasteiger partial charge on any atom is 0.161 e. The van der Waals surface area contributed by atoms with Gasteiger partial charge in [0, 0.05) is 18.2 Å². The molecular formula is C18H19NO3. The first-order chi connectivity index (χ1) is 10.6. The van der Waals surface area contributed by atoms with Crippen LogP contribution in [-0.2, 0) is 11.2 Å². The topological polar surface area (TPSA) is 58.6 Å². The molecule has 4 heteroatoms. The van der Waals surface area contributed by atoms with Gasteiger partial charge in [-0.05, 0) is 36.8 Å². The third-order valence-electron chi connectivity index (χ3n) is 3.15. The van der Waals surface area contributed by atoms with E-state index in [2.05, 4.69) is 5.32 Å². The molecule has 0 amide bonds. The number of ether oxygens (including phenoxy) is 1. The van der Waals surface area contributed by atoms with Gasteiger partial charge in [0.1, 0.15) is 11.5 Å². The Balaban J connectivity index is 1.98. The Morgan fingerprint density at radius 2 is 1.86 bits per heavy atom. The number of carbonyl (C=O) groups excluding carboxylic acids is 1. The first-order valence-corrected chi connectivity index (χ1v) is 6.97. The summed E-state index contributed by atoms with van der Waals surface area (Å²) in [6, 6.07) is 14.3. The number of benzene rings is 2. The number of carbonyl (C=O) groups is 1. The summed E-state index contributed by atoms with van der Waals surface area (Å²) in [5.41, 5.74) is 2.19.